The molecule has 0 aromatic heterocycles. The van der Waals surface area contributed by atoms with E-state index in [1.807, 2.05) is 0 Å². The van der Waals surface area contributed by atoms with Crippen LogP contribution in [0.15, 0.2) is 12.2 Å². The van der Waals surface area contributed by atoms with Crippen LogP contribution < -0.4 is 0 Å². The molecule has 4 nitrogen and oxygen atoms in total. The van der Waals surface area contributed by atoms with E-state index in [4.69, 9.17) is 0 Å². The predicted octanol–water partition coefficient (Wildman–Crippen LogP) is 3.46. The Kier molecular flexibility index (Phi) is 5.79. The first-order chi connectivity index (χ1) is 10.4. The van der Waals surface area contributed by atoms with Gasteiger partial charge in [-0.2, -0.15) is 22.0 Å². The van der Waals surface area contributed by atoms with Gasteiger partial charge >= 0.3 is 23.9 Å². The van der Waals surface area contributed by atoms with E-state index in [-0.39, 0.29) is 12.0 Å². The average molecular weight is 346 g/mol. The largest absolute Gasteiger partial charge is 0.462 e. The van der Waals surface area contributed by atoms with Crippen LogP contribution in [0.5, 0.6) is 0 Å². The fraction of sp³-hybridized carbons (Fsp3) is 0.786. The molecule has 0 aromatic rings. The number of rotatable bonds is 6. The summed E-state index contributed by atoms with van der Waals surface area (Å²) in [6, 6.07) is 0. The summed E-state index contributed by atoms with van der Waals surface area (Å²) >= 11 is 0. The standard InChI is InChI=1S/C14H19F5O4/c1-5-9(4)23-13(14(17,18)19)12(15,16)10(7-22-13)6-21-11(20)8(2)3/h9-10H,2,5-7H2,1,3-4H3. The highest BCUT2D eigenvalue weighted by atomic mass is 19.4. The van der Waals surface area contributed by atoms with Gasteiger partial charge in [0.05, 0.1) is 18.6 Å². The lowest BCUT2D eigenvalue weighted by Crippen LogP contribution is -2.61. The summed E-state index contributed by atoms with van der Waals surface area (Å²) in [4.78, 5) is 11.2. The molecule has 9 heteroatoms. The third kappa shape index (κ3) is 3.65. The van der Waals surface area contributed by atoms with Crippen molar-refractivity contribution >= 4 is 5.97 Å². The Labute approximate surface area is 130 Å². The van der Waals surface area contributed by atoms with Gasteiger partial charge < -0.3 is 14.2 Å². The van der Waals surface area contributed by atoms with Gasteiger partial charge in [0.15, 0.2) is 0 Å². The van der Waals surface area contributed by atoms with Gasteiger partial charge in [-0.15, -0.1) is 0 Å². The summed E-state index contributed by atoms with van der Waals surface area (Å²) in [6.07, 6.45) is -6.46. The van der Waals surface area contributed by atoms with Crippen LogP contribution in [0.2, 0.25) is 0 Å². The van der Waals surface area contributed by atoms with Crippen LogP contribution >= 0.6 is 0 Å². The van der Waals surface area contributed by atoms with Crippen molar-refractivity contribution in [2.24, 2.45) is 5.92 Å². The van der Waals surface area contributed by atoms with Gasteiger partial charge in [0.2, 0.25) is 0 Å². The normalized spacial score (nSPS) is 28.4. The quantitative estimate of drug-likeness (QED) is 0.420. The summed E-state index contributed by atoms with van der Waals surface area (Å²) in [7, 11) is 0. The molecule has 0 bridgehead atoms. The molecule has 0 spiro atoms. The molecule has 1 rings (SSSR count). The molecule has 1 heterocycles. The minimum Gasteiger partial charge on any atom is -0.462 e. The molecule has 0 aliphatic carbocycles. The molecule has 3 atom stereocenters. The highest BCUT2D eigenvalue weighted by Crippen LogP contribution is 2.54. The van der Waals surface area contributed by atoms with Crippen LogP contribution in [0, 0.1) is 5.92 Å². The zero-order chi connectivity index (χ0) is 18.1. The number of carbonyl (C=O) groups excluding carboxylic acids is 1. The highest BCUT2D eigenvalue weighted by Gasteiger charge is 2.79. The zero-order valence-electron chi connectivity index (χ0n) is 13.0. The molecule has 0 radical (unpaired) electrons. The van der Waals surface area contributed by atoms with Gasteiger partial charge in [-0.3, -0.25) is 0 Å². The monoisotopic (exact) mass is 346 g/mol. The van der Waals surface area contributed by atoms with Gasteiger partial charge in [0.25, 0.3) is 0 Å². The van der Waals surface area contributed by atoms with E-state index in [0.717, 1.165) is 0 Å². The first-order valence-corrected chi connectivity index (χ1v) is 6.98. The number of ether oxygens (including phenoxy) is 3. The van der Waals surface area contributed by atoms with Crippen molar-refractivity contribution < 1.29 is 41.0 Å². The molecular weight excluding hydrogens is 327 g/mol. The van der Waals surface area contributed by atoms with Crippen LogP contribution in [-0.4, -0.2) is 43.2 Å². The second-order valence-electron chi connectivity index (χ2n) is 5.46. The number of esters is 1. The maximum absolute atomic E-state index is 14.4. The van der Waals surface area contributed by atoms with Gasteiger partial charge in [0.1, 0.15) is 6.61 Å². The third-order valence-electron chi connectivity index (χ3n) is 3.52. The molecule has 3 unspecified atom stereocenters. The predicted molar refractivity (Wildman–Crippen MR) is 69.8 cm³/mol. The van der Waals surface area contributed by atoms with Crippen LogP contribution in [0.25, 0.3) is 0 Å². The Balaban J connectivity index is 3.02. The summed E-state index contributed by atoms with van der Waals surface area (Å²) in [5.74, 6) is -11.4. The second kappa shape index (κ2) is 6.72. The van der Waals surface area contributed by atoms with E-state index in [0.29, 0.717) is 0 Å². The number of alkyl halides is 5. The fourth-order valence-corrected chi connectivity index (χ4v) is 1.96. The average Bonchev–Trinajstić information content (AvgIpc) is 2.67. The molecule has 0 N–H and O–H groups in total. The second-order valence-corrected chi connectivity index (χ2v) is 5.46. The highest BCUT2D eigenvalue weighted by molar-refractivity contribution is 5.86. The Morgan fingerprint density at radius 2 is 2.00 bits per heavy atom. The van der Waals surface area contributed by atoms with Crippen molar-refractivity contribution in [3.8, 4) is 0 Å². The third-order valence-corrected chi connectivity index (χ3v) is 3.52. The van der Waals surface area contributed by atoms with E-state index < -0.39 is 49.1 Å². The number of carbonyl (C=O) groups is 1. The maximum atomic E-state index is 14.4. The van der Waals surface area contributed by atoms with Gasteiger partial charge in [-0.1, -0.05) is 13.5 Å². The molecule has 1 aliphatic rings. The van der Waals surface area contributed by atoms with Crippen molar-refractivity contribution in [1.29, 1.82) is 0 Å². The lowest BCUT2D eigenvalue weighted by Gasteiger charge is -2.37. The van der Waals surface area contributed by atoms with E-state index in [1.54, 1.807) is 0 Å². The van der Waals surface area contributed by atoms with Crippen LogP contribution in [-0.2, 0) is 19.0 Å². The molecule has 1 saturated heterocycles. The summed E-state index contributed by atoms with van der Waals surface area (Å²) in [6.45, 7) is 5.40. The lowest BCUT2D eigenvalue weighted by atomic mass is 9.97. The Morgan fingerprint density at radius 3 is 2.43 bits per heavy atom. The first-order valence-electron chi connectivity index (χ1n) is 6.98. The smallest absolute Gasteiger partial charge is 0.449 e. The molecule has 1 aliphatic heterocycles. The van der Waals surface area contributed by atoms with E-state index in [2.05, 4.69) is 20.8 Å². The Morgan fingerprint density at radius 1 is 1.43 bits per heavy atom. The number of hydrogen-bond donors (Lipinski definition) is 0. The van der Waals surface area contributed by atoms with Gasteiger partial charge in [0, 0.05) is 5.57 Å². The van der Waals surface area contributed by atoms with E-state index in [9.17, 15) is 26.7 Å². The van der Waals surface area contributed by atoms with Crippen molar-refractivity contribution in [1.82, 2.24) is 0 Å². The number of hydrogen-bond acceptors (Lipinski definition) is 4. The molecule has 0 saturated carbocycles. The molecule has 0 amide bonds. The lowest BCUT2D eigenvalue weighted by molar-refractivity contribution is -0.427. The van der Waals surface area contributed by atoms with Gasteiger partial charge in [-0.05, 0) is 20.3 Å². The molecule has 23 heavy (non-hydrogen) atoms. The van der Waals surface area contributed by atoms with E-state index >= 15 is 0 Å². The topological polar surface area (TPSA) is 44.8 Å². The molecule has 1 fully saturated rings. The van der Waals surface area contributed by atoms with Crippen molar-refractivity contribution in [3.63, 3.8) is 0 Å². The summed E-state index contributed by atoms with van der Waals surface area (Å²) < 4.78 is 82.0. The van der Waals surface area contributed by atoms with Crippen molar-refractivity contribution in [3.05, 3.63) is 12.2 Å². The Hall–Kier alpha value is -1.22. The van der Waals surface area contributed by atoms with E-state index in [1.165, 1.54) is 20.8 Å². The minimum atomic E-state index is -5.45. The first kappa shape index (κ1) is 19.8. The fourth-order valence-electron chi connectivity index (χ4n) is 1.96. The maximum Gasteiger partial charge on any atom is 0.449 e. The van der Waals surface area contributed by atoms with Crippen molar-refractivity contribution in [2.45, 2.75) is 51.2 Å². The SMILES string of the molecule is C=C(C)C(=O)OCC1COC(OC(C)CC)(C(F)(F)F)C1(F)F. The van der Waals surface area contributed by atoms with Crippen molar-refractivity contribution in [2.75, 3.05) is 13.2 Å². The molecule has 0 aromatic carbocycles. The molecule has 134 valence electrons. The summed E-state index contributed by atoms with van der Waals surface area (Å²) in [5.41, 5.74) is -0.0508. The Bertz CT molecular complexity index is 463. The number of halogens is 5. The summed E-state index contributed by atoms with van der Waals surface area (Å²) in [5, 5.41) is 0. The minimum absolute atomic E-state index is 0.0508. The zero-order valence-corrected chi connectivity index (χ0v) is 13.0. The van der Waals surface area contributed by atoms with Crippen LogP contribution in [0.1, 0.15) is 27.2 Å². The van der Waals surface area contributed by atoms with Crippen LogP contribution in [0.3, 0.4) is 0 Å². The molecular formula is C14H19F5O4. The van der Waals surface area contributed by atoms with Gasteiger partial charge in [-0.25, -0.2) is 4.79 Å². The van der Waals surface area contributed by atoms with Crippen LogP contribution in [0.4, 0.5) is 22.0 Å².